The van der Waals surface area contributed by atoms with Crippen LogP contribution in [0.3, 0.4) is 0 Å². The van der Waals surface area contributed by atoms with Gasteiger partial charge in [-0.2, -0.15) is 0 Å². The Hall–Kier alpha value is -2.81. The molecular weight excluding hydrogens is 462 g/mol. The van der Waals surface area contributed by atoms with E-state index in [4.69, 9.17) is 37.8 Å². The Morgan fingerprint density at radius 2 is 1.97 bits per heavy atom. The Kier molecular flexibility index (Phi) is 5.79. The fourth-order valence-corrected chi connectivity index (χ4v) is 4.34. The summed E-state index contributed by atoms with van der Waals surface area (Å²) in [6, 6.07) is 7.48. The Morgan fingerprint density at radius 1 is 1.25 bits per heavy atom. The van der Waals surface area contributed by atoms with Crippen LogP contribution in [0.4, 0.5) is 4.39 Å². The minimum atomic E-state index is -1.07. The Balaban J connectivity index is 1.68. The number of ether oxygens (including phenoxy) is 2. The summed E-state index contributed by atoms with van der Waals surface area (Å²) < 4.78 is 27.0. The topological polar surface area (TPSA) is 89.8 Å². The summed E-state index contributed by atoms with van der Waals surface area (Å²) in [5, 5.41) is 12.9. The van der Waals surface area contributed by atoms with Crippen LogP contribution in [0.15, 0.2) is 30.3 Å². The lowest BCUT2D eigenvalue weighted by atomic mass is 9.86. The minimum absolute atomic E-state index is 0.0816. The molecular formula is C22H19Cl2FN2O5. The number of carbonyl (C=O) groups is 2. The van der Waals surface area contributed by atoms with Crippen LogP contribution in [0.1, 0.15) is 21.6 Å². The molecule has 1 aliphatic heterocycles. The van der Waals surface area contributed by atoms with E-state index in [0.717, 1.165) is 0 Å². The predicted molar refractivity (Wildman–Crippen MR) is 117 cm³/mol. The number of hydrogen-bond acceptors (Lipinski definition) is 4. The molecule has 7 nitrogen and oxygen atoms in total. The van der Waals surface area contributed by atoms with Crippen molar-refractivity contribution in [1.82, 2.24) is 9.88 Å². The van der Waals surface area contributed by atoms with Crippen LogP contribution in [0.5, 0.6) is 5.75 Å². The number of carboxylic acids is 1. The number of carbonyl (C=O) groups excluding carboxylic acids is 1. The number of nitrogens with zero attached hydrogens (tertiary/aromatic N) is 1. The average Bonchev–Trinajstić information content (AvgIpc) is 3.04. The molecule has 2 N–H and O–H groups in total. The molecule has 1 aromatic heterocycles. The van der Waals surface area contributed by atoms with Crippen molar-refractivity contribution in [1.29, 1.82) is 0 Å². The maximum absolute atomic E-state index is 14.8. The van der Waals surface area contributed by atoms with Crippen molar-refractivity contribution in [3.05, 3.63) is 63.0 Å². The number of benzene rings is 2. The lowest BCUT2D eigenvalue weighted by Crippen LogP contribution is -2.60. The number of rotatable bonds is 6. The van der Waals surface area contributed by atoms with E-state index in [-0.39, 0.29) is 35.2 Å². The number of nitrogens with one attached hydrogen (secondary N) is 1. The Labute approximate surface area is 192 Å². The van der Waals surface area contributed by atoms with E-state index in [0.29, 0.717) is 27.9 Å². The fourth-order valence-electron chi connectivity index (χ4n) is 3.86. The highest BCUT2D eigenvalue weighted by molar-refractivity contribution is 6.46. The fraction of sp³-hybridized carbons (Fsp3) is 0.273. The zero-order valence-electron chi connectivity index (χ0n) is 17.2. The van der Waals surface area contributed by atoms with Crippen LogP contribution < -0.4 is 10.1 Å². The van der Waals surface area contributed by atoms with Gasteiger partial charge in [-0.05, 0) is 17.7 Å². The highest BCUT2D eigenvalue weighted by Gasteiger charge is 2.44. The van der Waals surface area contributed by atoms with Crippen LogP contribution in [0, 0.1) is 5.82 Å². The normalized spacial score (nSPS) is 14.8. The van der Waals surface area contributed by atoms with Crippen molar-refractivity contribution in [3.8, 4) is 5.75 Å². The molecule has 168 valence electrons. The zero-order chi connectivity index (χ0) is 23.2. The number of halogens is 3. The molecule has 0 atom stereocenters. The lowest BCUT2D eigenvalue weighted by molar-refractivity contribution is -0.136. The van der Waals surface area contributed by atoms with Crippen LogP contribution in [0.2, 0.25) is 10.0 Å². The van der Waals surface area contributed by atoms with Crippen molar-refractivity contribution in [2.75, 3.05) is 20.3 Å². The van der Waals surface area contributed by atoms with Gasteiger partial charge in [-0.1, -0.05) is 35.3 Å². The second kappa shape index (κ2) is 8.27. The maximum Gasteiger partial charge on any atom is 0.307 e. The van der Waals surface area contributed by atoms with Gasteiger partial charge in [-0.3, -0.25) is 9.59 Å². The first-order valence-electron chi connectivity index (χ1n) is 9.59. The molecule has 2 aromatic carbocycles. The van der Waals surface area contributed by atoms with Crippen LogP contribution in [-0.4, -0.2) is 41.9 Å². The standard InChI is InChI=1S/C22H19Cl2FN2O5/c1-27-15-8-17(31-2)20(24)19(23)12(15)7-16(27)21(30)26-22(9-32-10-22)13-4-3-11(5-14(13)25)6-18(28)29/h3-5,7-8H,6,9-10H2,1-2H3,(H,26,30)(H,28,29). The van der Waals surface area contributed by atoms with Gasteiger partial charge in [0.15, 0.2) is 0 Å². The first kappa shape index (κ1) is 22.4. The molecule has 0 bridgehead atoms. The number of amides is 1. The highest BCUT2D eigenvalue weighted by atomic mass is 35.5. The molecule has 0 saturated carbocycles. The van der Waals surface area contributed by atoms with E-state index in [1.807, 2.05) is 0 Å². The molecule has 0 aliphatic carbocycles. The second-order valence-corrected chi connectivity index (χ2v) is 8.40. The van der Waals surface area contributed by atoms with Crippen LogP contribution >= 0.6 is 23.2 Å². The van der Waals surface area contributed by atoms with Crippen LogP contribution in [-0.2, 0) is 28.5 Å². The molecule has 2 heterocycles. The molecule has 1 saturated heterocycles. The molecule has 10 heteroatoms. The number of aryl methyl sites for hydroxylation is 1. The molecule has 1 fully saturated rings. The number of aromatic nitrogens is 1. The summed E-state index contributed by atoms with van der Waals surface area (Å²) in [4.78, 5) is 24.1. The molecule has 1 amide bonds. The number of fused-ring (bicyclic) bond motifs is 1. The van der Waals surface area contributed by atoms with Gasteiger partial charge < -0.3 is 24.5 Å². The summed E-state index contributed by atoms with van der Waals surface area (Å²) in [7, 11) is 3.17. The smallest absolute Gasteiger partial charge is 0.307 e. The third kappa shape index (κ3) is 3.68. The van der Waals surface area contributed by atoms with Gasteiger partial charge in [0.1, 0.15) is 27.8 Å². The zero-order valence-corrected chi connectivity index (χ0v) is 18.7. The molecule has 4 rings (SSSR count). The summed E-state index contributed by atoms with van der Waals surface area (Å²) in [5.41, 5.74) is 0.422. The van der Waals surface area contributed by atoms with Crippen molar-refractivity contribution in [2.24, 2.45) is 7.05 Å². The molecule has 0 radical (unpaired) electrons. The molecule has 0 spiro atoms. The van der Waals surface area contributed by atoms with E-state index >= 15 is 0 Å². The van der Waals surface area contributed by atoms with Crippen molar-refractivity contribution < 1.29 is 28.6 Å². The summed E-state index contributed by atoms with van der Waals surface area (Å²) in [5.74, 6) is -1.74. The summed E-state index contributed by atoms with van der Waals surface area (Å²) in [6.45, 7) is 0.163. The van der Waals surface area contributed by atoms with E-state index in [9.17, 15) is 14.0 Å². The molecule has 32 heavy (non-hydrogen) atoms. The van der Waals surface area contributed by atoms with Gasteiger partial charge in [-0.25, -0.2) is 4.39 Å². The van der Waals surface area contributed by atoms with E-state index in [1.54, 1.807) is 23.7 Å². The van der Waals surface area contributed by atoms with Gasteiger partial charge in [0.05, 0.1) is 37.3 Å². The summed E-state index contributed by atoms with van der Waals surface area (Å²) >= 11 is 12.6. The van der Waals surface area contributed by atoms with Gasteiger partial charge in [0.2, 0.25) is 0 Å². The number of carboxylic acid groups (broad SMARTS) is 1. The van der Waals surface area contributed by atoms with Gasteiger partial charge in [-0.15, -0.1) is 0 Å². The number of methoxy groups -OCH3 is 1. The Morgan fingerprint density at radius 3 is 2.53 bits per heavy atom. The van der Waals surface area contributed by atoms with Crippen molar-refractivity contribution in [3.63, 3.8) is 0 Å². The van der Waals surface area contributed by atoms with Crippen LogP contribution in [0.25, 0.3) is 10.9 Å². The average molecular weight is 481 g/mol. The largest absolute Gasteiger partial charge is 0.495 e. The highest BCUT2D eigenvalue weighted by Crippen LogP contribution is 2.40. The maximum atomic E-state index is 14.8. The first-order valence-corrected chi connectivity index (χ1v) is 10.3. The third-order valence-electron chi connectivity index (χ3n) is 5.60. The van der Waals surface area contributed by atoms with E-state index in [1.165, 1.54) is 25.3 Å². The van der Waals surface area contributed by atoms with Crippen molar-refractivity contribution in [2.45, 2.75) is 12.0 Å². The monoisotopic (exact) mass is 480 g/mol. The minimum Gasteiger partial charge on any atom is -0.495 e. The van der Waals surface area contributed by atoms with Gasteiger partial charge >= 0.3 is 5.97 Å². The molecule has 3 aromatic rings. The second-order valence-electron chi connectivity index (χ2n) is 7.64. The quantitative estimate of drug-likeness (QED) is 0.558. The van der Waals surface area contributed by atoms with Gasteiger partial charge in [0, 0.05) is 24.1 Å². The van der Waals surface area contributed by atoms with E-state index < -0.39 is 23.2 Å². The SMILES string of the molecule is COc1cc2c(cc(C(=O)NC3(c4ccc(CC(=O)O)cc4F)COC3)n2C)c(Cl)c1Cl. The van der Waals surface area contributed by atoms with Gasteiger partial charge in [0.25, 0.3) is 5.91 Å². The molecule has 0 unspecified atom stereocenters. The number of aliphatic carboxylic acids is 1. The van der Waals surface area contributed by atoms with E-state index in [2.05, 4.69) is 5.32 Å². The lowest BCUT2D eigenvalue weighted by Gasteiger charge is -2.42. The first-order chi connectivity index (χ1) is 15.2. The predicted octanol–water partition coefficient (Wildman–Crippen LogP) is 3.92. The number of hydrogen-bond donors (Lipinski definition) is 2. The Bertz CT molecular complexity index is 1250. The molecule has 1 aliphatic rings. The summed E-state index contributed by atoms with van der Waals surface area (Å²) in [6.07, 6.45) is -0.296. The van der Waals surface area contributed by atoms with Crippen molar-refractivity contribution >= 4 is 46.0 Å². The third-order valence-corrected chi connectivity index (χ3v) is 6.46.